The highest BCUT2D eigenvalue weighted by Gasteiger charge is 2.49. The fourth-order valence-corrected chi connectivity index (χ4v) is 4.33. The molecule has 2 aliphatic rings. The summed E-state index contributed by atoms with van der Waals surface area (Å²) in [5.74, 6) is -2.48. The Hall–Kier alpha value is -2.12. The van der Waals surface area contributed by atoms with Gasteiger partial charge in [0.1, 0.15) is 6.04 Å². The van der Waals surface area contributed by atoms with Gasteiger partial charge >= 0.3 is 12.1 Å². The molecule has 0 saturated heterocycles. The summed E-state index contributed by atoms with van der Waals surface area (Å²) in [5, 5.41) is 2.91. The number of aromatic nitrogens is 1. The predicted molar refractivity (Wildman–Crippen MR) is 97.2 cm³/mol. The molecule has 0 spiro atoms. The second-order valence-electron chi connectivity index (χ2n) is 7.68. The van der Waals surface area contributed by atoms with Gasteiger partial charge in [-0.2, -0.15) is 13.2 Å². The van der Waals surface area contributed by atoms with Gasteiger partial charge in [0.15, 0.2) is 0 Å². The van der Waals surface area contributed by atoms with Crippen LogP contribution in [0.3, 0.4) is 0 Å². The molecule has 1 heterocycles. The van der Waals surface area contributed by atoms with E-state index in [1.165, 1.54) is 24.5 Å². The van der Waals surface area contributed by atoms with Crippen LogP contribution in [0, 0.1) is 0 Å². The lowest BCUT2D eigenvalue weighted by molar-refractivity contribution is -0.191. The third kappa shape index (κ3) is 4.83. The summed E-state index contributed by atoms with van der Waals surface area (Å²) in [6, 6.07) is 1.07. The lowest BCUT2D eigenvalue weighted by Gasteiger charge is -2.37. The summed E-state index contributed by atoms with van der Waals surface area (Å²) >= 11 is 0. The van der Waals surface area contributed by atoms with Crippen molar-refractivity contribution in [3.05, 3.63) is 30.1 Å². The smallest absolute Gasteiger partial charge is 0.351 e. The zero-order valence-corrected chi connectivity index (χ0v) is 15.8. The molecule has 2 saturated carbocycles. The Morgan fingerprint density at radius 1 is 1.00 bits per heavy atom. The van der Waals surface area contributed by atoms with Crippen molar-refractivity contribution in [1.82, 2.24) is 15.2 Å². The third-order valence-corrected chi connectivity index (χ3v) is 5.70. The fourth-order valence-electron chi connectivity index (χ4n) is 4.33. The van der Waals surface area contributed by atoms with Crippen LogP contribution in [-0.4, -0.2) is 40.0 Å². The number of hydrogen-bond acceptors (Lipinski definition) is 3. The maximum Gasteiger partial charge on any atom is 0.471 e. The molecule has 0 aromatic carbocycles. The van der Waals surface area contributed by atoms with Crippen LogP contribution in [0.15, 0.2) is 24.5 Å². The lowest BCUT2D eigenvalue weighted by atomic mass is 9.94. The number of halogens is 3. The molecule has 0 aliphatic heterocycles. The number of carbonyl (C=O) groups is 2. The lowest BCUT2D eigenvalue weighted by Crippen LogP contribution is -2.53. The van der Waals surface area contributed by atoms with Gasteiger partial charge in [0.25, 0.3) is 0 Å². The largest absolute Gasteiger partial charge is 0.471 e. The first kappa shape index (κ1) is 20.6. The summed E-state index contributed by atoms with van der Waals surface area (Å²) in [6.45, 7) is 0. The minimum absolute atomic E-state index is 0.0583. The molecule has 2 fully saturated rings. The van der Waals surface area contributed by atoms with Crippen LogP contribution in [0.2, 0.25) is 0 Å². The average Bonchev–Trinajstić information content (AvgIpc) is 3.20. The summed E-state index contributed by atoms with van der Waals surface area (Å²) in [5.41, 5.74) is 0.354. The first-order valence-electron chi connectivity index (χ1n) is 9.97. The standard InChI is InChI=1S/C20H26F3N3O2/c21-20(22,23)19(28)26(16-8-4-5-9-16)17(14-10-12-24-13-11-14)18(27)25-15-6-2-1-3-7-15/h10-13,15-17H,1-9H2,(H,25,27). The van der Waals surface area contributed by atoms with E-state index in [2.05, 4.69) is 10.3 Å². The van der Waals surface area contributed by atoms with Crippen molar-refractivity contribution in [2.75, 3.05) is 0 Å². The van der Waals surface area contributed by atoms with Gasteiger partial charge in [-0.05, 0) is 43.4 Å². The topological polar surface area (TPSA) is 62.3 Å². The number of pyridine rings is 1. The first-order chi connectivity index (χ1) is 13.4. The molecule has 0 radical (unpaired) electrons. The predicted octanol–water partition coefficient (Wildman–Crippen LogP) is 3.91. The van der Waals surface area contributed by atoms with Gasteiger partial charge in [-0.1, -0.05) is 32.1 Å². The van der Waals surface area contributed by atoms with Crippen LogP contribution < -0.4 is 5.32 Å². The number of nitrogens with one attached hydrogen (secondary N) is 1. The van der Waals surface area contributed by atoms with Gasteiger partial charge in [0.2, 0.25) is 5.91 Å². The molecular formula is C20H26F3N3O2. The molecule has 1 aromatic rings. The Kier molecular flexibility index (Phi) is 6.57. The number of nitrogens with zero attached hydrogens (tertiary/aromatic N) is 2. The minimum atomic E-state index is -5.03. The van der Waals surface area contributed by atoms with Crippen LogP contribution in [0.25, 0.3) is 0 Å². The van der Waals surface area contributed by atoms with E-state index in [9.17, 15) is 22.8 Å². The van der Waals surface area contributed by atoms with Crippen LogP contribution in [-0.2, 0) is 9.59 Å². The molecule has 5 nitrogen and oxygen atoms in total. The van der Waals surface area contributed by atoms with Crippen molar-refractivity contribution in [2.45, 2.75) is 82.1 Å². The summed E-state index contributed by atoms with van der Waals surface area (Å²) in [6.07, 6.45) is 4.97. The maximum atomic E-state index is 13.4. The highest BCUT2D eigenvalue weighted by molar-refractivity contribution is 5.91. The molecule has 1 N–H and O–H groups in total. The van der Waals surface area contributed by atoms with Crippen molar-refractivity contribution < 1.29 is 22.8 Å². The fraction of sp³-hybridized carbons (Fsp3) is 0.650. The Balaban J connectivity index is 1.94. The molecule has 0 bridgehead atoms. The Bertz CT molecular complexity index is 669. The summed E-state index contributed by atoms with van der Waals surface area (Å²) in [7, 11) is 0. The molecule has 3 rings (SSSR count). The van der Waals surface area contributed by atoms with Crippen LogP contribution >= 0.6 is 0 Å². The first-order valence-corrected chi connectivity index (χ1v) is 9.97. The van der Waals surface area contributed by atoms with E-state index >= 15 is 0 Å². The quantitative estimate of drug-likeness (QED) is 0.820. The zero-order valence-electron chi connectivity index (χ0n) is 15.8. The van der Waals surface area contributed by atoms with Crippen molar-refractivity contribution in [3.63, 3.8) is 0 Å². The van der Waals surface area contributed by atoms with Gasteiger partial charge in [-0.3, -0.25) is 14.6 Å². The van der Waals surface area contributed by atoms with Crippen molar-refractivity contribution in [3.8, 4) is 0 Å². The highest BCUT2D eigenvalue weighted by atomic mass is 19.4. The molecular weight excluding hydrogens is 371 g/mol. The van der Waals surface area contributed by atoms with E-state index < -0.39 is 30.1 Å². The maximum absolute atomic E-state index is 13.4. The molecule has 1 aromatic heterocycles. The van der Waals surface area contributed by atoms with Gasteiger partial charge in [-0.25, -0.2) is 0 Å². The van der Waals surface area contributed by atoms with Crippen molar-refractivity contribution in [2.24, 2.45) is 0 Å². The van der Waals surface area contributed by atoms with Crippen molar-refractivity contribution in [1.29, 1.82) is 0 Å². The third-order valence-electron chi connectivity index (χ3n) is 5.70. The molecule has 154 valence electrons. The summed E-state index contributed by atoms with van der Waals surface area (Å²) < 4.78 is 40.2. The van der Waals surface area contributed by atoms with Crippen LogP contribution in [0.5, 0.6) is 0 Å². The monoisotopic (exact) mass is 397 g/mol. The van der Waals surface area contributed by atoms with E-state index in [1.807, 2.05) is 0 Å². The van der Waals surface area contributed by atoms with E-state index in [-0.39, 0.29) is 6.04 Å². The Morgan fingerprint density at radius 2 is 1.57 bits per heavy atom. The van der Waals surface area contributed by atoms with Gasteiger partial charge < -0.3 is 10.2 Å². The number of hydrogen-bond donors (Lipinski definition) is 1. The van der Waals surface area contributed by atoms with E-state index in [0.717, 1.165) is 49.8 Å². The Labute approximate surface area is 162 Å². The number of amides is 2. The Morgan fingerprint density at radius 3 is 2.14 bits per heavy atom. The summed E-state index contributed by atoms with van der Waals surface area (Å²) in [4.78, 5) is 30.2. The second kappa shape index (κ2) is 8.92. The van der Waals surface area contributed by atoms with Gasteiger partial charge in [0.05, 0.1) is 0 Å². The number of alkyl halides is 3. The minimum Gasteiger partial charge on any atom is -0.351 e. The van der Waals surface area contributed by atoms with Crippen LogP contribution in [0.4, 0.5) is 13.2 Å². The molecule has 1 atom stereocenters. The van der Waals surface area contributed by atoms with Crippen LogP contribution in [0.1, 0.15) is 69.4 Å². The normalized spacial score (nSPS) is 20.0. The van der Waals surface area contributed by atoms with E-state index in [0.29, 0.717) is 18.4 Å². The molecule has 28 heavy (non-hydrogen) atoms. The number of carbonyl (C=O) groups excluding carboxylic acids is 2. The zero-order chi connectivity index (χ0) is 20.1. The SMILES string of the molecule is O=C(NC1CCCCC1)C(c1ccncc1)N(C(=O)C(F)(F)F)C1CCCC1. The molecule has 2 amide bonds. The van der Waals surface area contributed by atoms with Gasteiger partial charge in [0, 0.05) is 24.5 Å². The molecule has 2 aliphatic carbocycles. The average molecular weight is 397 g/mol. The highest BCUT2D eigenvalue weighted by Crippen LogP contribution is 2.35. The van der Waals surface area contributed by atoms with Gasteiger partial charge in [-0.15, -0.1) is 0 Å². The number of rotatable bonds is 5. The van der Waals surface area contributed by atoms with Crippen molar-refractivity contribution >= 4 is 11.8 Å². The van der Waals surface area contributed by atoms with E-state index in [1.54, 1.807) is 0 Å². The molecule has 1 unspecified atom stereocenters. The second-order valence-corrected chi connectivity index (χ2v) is 7.68. The molecule has 8 heteroatoms. The van der Waals surface area contributed by atoms with E-state index in [4.69, 9.17) is 0 Å².